The lowest BCUT2D eigenvalue weighted by molar-refractivity contribution is 0.106. The zero-order valence-corrected chi connectivity index (χ0v) is 21.1. The Labute approximate surface area is 205 Å². The number of carbonyl (C=O) groups excluding carboxylic acids is 2. The van der Waals surface area contributed by atoms with Gasteiger partial charge in [0.05, 0.1) is 0 Å². The van der Waals surface area contributed by atoms with Gasteiger partial charge < -0.3 is 20.1 Å². The molecule has 0 heterocycles. The Hall–Kier alpha value is -1.70. The average Bonchev–Trinajstić information content (AvgIpc) is 2.74. The maximum absolute atomic E-state index is 11.7. The molecule has 0 aliphatic carbocycles. The van der Waals surface area contributed by atoms with Crippen LogP contribution < -0.4 is 10.6 Å². The maximum atomic E-state index is 11.7. The molecule has 1 rings (SSSR count). The summed E-state index contributed by atoms with van der Waals surface area (Å²) in [6, 6.07) is 10.4. The largest absolute Gasteiger partial charge is 0.448 e. The smallest absolute Gasteiger partial charge is 0.407 e. The minimum Gasteiger partial charge on any atom is -0.448 e. The molecular formula is C23H41Cl2N3O4. The van der Waals surface area contributed by atoms with Crippen LogP contribution in [-0.2, 0) is 15.9 Å². The van der Waals surface area contributed by atoms with E-state index in [9.17, 15) is 9.59 Å². The Balaban J connectivity index is 0. The van der Waals surface area contributed by atoms with E-state index in [1.807, 2.05) is 18.2 Å². The van der Waals surface area contributed by atoms with Crippen LogP contribution in [0.2, 0.25) is 0 Å². The molecule has 2 N–H and O–H groups in total. The number of nitrogens with zero attached hydrogens (tertiary/aromatic N) is 1. The lowest BCUT2D eigenvalue weighted by Crippen LogP contribution is -2.35. The molecule has 9 heteroatoms. The van der Waals surface area contributed by atoms with Gasteiger partial charge in [0.25, 0.3) is 0 Å². The molecule has 0 saturated carbocycles. The van der Waals surface area contributed by atoms with Crippen molar-refractivity contribution in [3.05, 3.63) is 35.9 Å². The summed E-state index contributed by atoms with van der Waals surface area (Å²) in [4.78, 5) is 25.6. The van der Waals surface area contributed by atoms with Crippen LogP contribution in [-0.4, -0.2) is 63.0 Å². The fourth-order valence-electron chi connectivity index (χ4n) is 2.86. The highest BCUT2D eigenvalue weighted by atomic mass is 35.5. The van der Waals surface area contributed by atoms with Crippen molar-refractivity contribution < 1.29 is 19.1 Å². The lowest BCUT2D eigenvalue weighted by Gasteiger charge is -2.22. The molecule has 1 aromatic rings. The van der Waals surface area contributed by atoms with E-state index in [1.54, 1.807) is 0 Å². The standard InChI is InChI=1S/C23H39N3O4.2ClH/c1-3-5-14-24-22(27)29-19-17-26(16-10-13-21-11-8-7-9-12-21)18-20-30-23(28)25-15-6-4-2;;/h7-9,11-12H,3-6,10,13-20H2,1-2H3,(H,24,27)(H,25,28);2*1H. The number of unbranched alkanes of at least 4 members (excludes halogenated alkanes) is 2. The van der Waals surface area contributed by atoms with Crippen molar-refractivity contribution in [1.82, 2.24) is 15.5 Å². The third-order valence-electron chi connectivity index (χ3n) is 4.66. The first-order valence-corrected chi connectivity index (χ1v) is 11.2. The number of nitrogens with one attached hydrogen (secondary N) is 2. The molecular weight excluding hydrogens is 453 g/mol. The third-order valence-corrected chi connectivity index (χ3v) is 4.66. The number of aryl methyl sites for hydroxylation is 1. The molecule has 0 aromatic heterocycles. The molecule has 0 atom stereocenters. The van der Waals surface area contributed by atoms with Crippen LogP contribution in [0.15, 0.2) is 30.3 Å². The summed E-state index contributed by atoms with van der Waals surface area (Å²) in [5.41, 5.74) is 1.30. The van der Waals surface area contributed by atoms with Crippen molar-refractivity contribution in [3.8, 4) is 0 Å². The number of ether oxygens (including phenoxy) is 2. The summed E-state index contributed by atoms with van der Waals surface area (Å²) in [5.74, 6) is 0. The van der Waals surface area contributed by atoms with Crippen LogP contribution in [0.4, 0.5) is 9.59 Å². The molecule has 0 unspecified atom stereocenters. The lowest BCUT2D eigenvalue weighted by atomic mass is 10.1. The van der Waals surface area contributed by atoms with E-state index in [-0.39, 0.29) is 37.0 Å². The number of benzene rings is 1. The van der Waals surface area contributed by atoms with Crippen LogP contribution in [0.1, 0.15) is 51.5 Å². The normalized spacial score (nSPS) is 9.97. The van der Waals surface area contributed by atoms with Crippen LogP contribution >= 0.6 is 24.8 Å². The zero-order valence-electron chi connectivity index (χ0n) is 19.5. The van der Waals surface area contributed by atoms with Crippen molar-refractivity contribution in [3.63, 3.8) is 0 Å². The Bertz CT molecular complexity index is 552. The molecule has 1 aromatic carbocycles. The van der Waals surface area contributed by atoms with Gasteiger partial charge in [0.15, 0.2) is 0 Å². The first-order valence-electron chi connectivity index (χ1n) is 11.2. The number of hydrogen-bond acceptors (Lipinski definition) is 5. The highest BCUT2D eigenvalue weighted by Gasteiger charge is 2.09. The topological polar surface area (TPSA) is 79.9 Å². The predicted molar refractivity (Wildman–Crippen MR) is 134 cm³/mol. The Kier molecular flexibility index (Phi) is 22.8. The molecule has 0 bridgehead atoms. The van der Waals surface area contributed by atoms with E-state index in [4.69, 9.17) is 9.47 Å². The number of rotatable bonds is 16. The Morgan fingerprint density at radius 1 is 0.781 bits per heavy atom. The molecule has 0 saturated heterocycles. The molecule has 0 spiro atoms. The van der Waals surface area contributed by atoms with Crippen molar-refractivity contribution in [2.45, 2.75) is 52.4 Å². The van der Waals surface area contributed by atoms with Crippen LogP contribution in [0.3, 0.4) is 0 Å². The van der Waals surface area contributed by atoms with E-state index in [1.165, 1.54) is 5.56 Å². The van der Waals surface area contributed by atoms with E-state index < -0.39 is 0 Å². The molecule has 0 radical (unpaired) electrons. The summed E-state index contributed by atoms with van der Waals surface area (Å²) in [6.07, 6.45) is 5.15. The van der Waals surface area contributed by atoms with Gasteiger partial charge in [-0.1, -0.05) is 57.0 Å². The summed E-state index contributed by atoms with van der Waals surface area (Å²) < 4.78 is 10.5. The van der Waals surface area contributed by atoms with Gasteiger partial charge >= 0.3 is 12.2 Å². The summed E-state index contributed by atoms with van der Waals surface area (Å²) in [5, 5.41) is 5.49. The van der Waals surface area contributed by atoms with E-state index in [0.29, 0.717) is 39.4 Å². The number of amides is 2. The first-order chi connectivity index (χ1) is 14.7. The fraction of sp³-hybridized carbons (Fsp3) is 0.652. The van der Waals surface area contributed by atoms with Gasteiger partial charge in [-0.25, -0.2) is 9.59 Å². The molecule has 0 aliphatic heterocycles. The number of alkyl carbamates (subject to hydrolysis) is 2. The fourth-order valence-corrected chi connectivity index (χ4v) is 2.86. The molecule has 186 valence electrons. The number of halogens is 2. The van der Waals surface area contributed by atoms with Crippen molar-refractivity contribution in [2.75, 3.05) is 45.9 Å². The highest BCUT2D eigenvalue weighted by Crippen LogP contribution is 2.04. The molecule has 7 nitrogen and oxygen atoms in total. The van der Waals surface area contributed by atoms with Crippen LogP contribution in [0.5, 0.6) is 0 Å². The second kappa shape index (κ2) is 22.5. The van der Waals surface area contributed by atoms with Crippen molar-refractivity contribution >= 4 is 37.0 Å². The highest BCUT2D eigenvalue weighted by molar-refractivity contribution is 5.85. The van der Waals surface area contributed by atoms with E-state index in [2.05, 4.69) is 41.5 Å². The third kappa shape index (κ3) is 17.9. The summed E-state index contributed by atoms with van der Waals surface area (Å²) in [6.45, 7) is 8.11. The minimum absolute atomic E-state index is 0. The summed E-state index contributed by atoms with van der Waals surface area (Å²) in [7, 11) is 0. The molecule has 0 fully saturated rings. The van der Waals surface area contributed by atoms with Gasteiger partial charge in [0, 0.05) is 26.2 Å². The Morgan fingerprint density at radius 3 is 1.75 bits per heavy atom. The van der Waals surface area contributed by atoms with Gasteiger partial charge in [-0.3, -0.25) is 4.90 Å². The first kappa shape index (κ1) is 32.5. The van der Waals surface area contributed by atoms with Gasteiger partial charge in [0.2, 0.25) is 0 Å². The minimum atomic E-state index is -0.376. The van der Waals surface area contributed by atoms with Gasteiger partial charge in [-0.05, 0) is 37.8 Å². The van der Waals surface area contributed by atoms with Gasteiger partial charge in [0.1, 0.15) is 13.2 Å². The quantitative estimate of drug-likeness (QED) is 0.322. The predicted octanol–water partition coefficient (Wildman–Crippen LogP) is 4.82. The van der Waals surface area contributed by atoms with E-state index >= 15 is 0 Å². The molecule has 0 aliphatic rings. The van der Waals surface area contributed by atoms with E-state index in [0.717, 1.165) is 45.1 Å². The number of carbonyl (C=O) groups is 2. The Morgan fingerprint density at radius 2 is 1.28 bits per heavy atom. The monoisotopic (exact) mass is 493 g/mol. The molecule has 32 heavy (non-hydrogen) atoms. The SMILES string of the molecule is CCCCNC(=O)OCCN(CCCc1ccccc1)CCOC(=O)NCCCC.Cl.Cl. The maximum Gasteiger partial charge on any atom is 0.407 e. The van der Waals surface area contributed by atoms with Crippen LogP contribution in [0.25, 0.3) is 0 Å². The second-order valence-corrected chi connectivity index (χ2v) is 7.26. The zero-order chi connectivity index (χ0) is 21.9. The van der Waals surface area contributed by atoms with Crippen molar-refractivity contribution in [1.29, 1.82) is 0 Å². The second-order valence-electron chi connectivity index (χ2n) is 7.26. The average molecular weight is 495 g/mol. The van der Waals surface area contributed by atoms with Gasteiger partial charge in [-0.2, -0.15) is 0 Å². The van der Waals surface area contributed by atoms with Crippen molar-refractivity contribution in [2.24, 2.45) is 0 Å². The van der Waals surface area contributed by atoms with Gasteiger partial charge in [-0.15, -0.1) is 24.8 Å². The van der Waals surface area contributed by atoms with Crippen LogP contribution in [0, 0.1) is 0 Å². The summed E-state index contributed by atoms with van der Waals surface area (Å²) >= 11 is 0. The molecule has 2 amide bonds. The number of hydrogen-bond donors (Lipinski definition) is 2.